The molecule has 0 aromatic carbocycles. The summed E-state index contributed by atoms with van der Waals surface area (Å²) < 4.78 is 5.54. The zero-order valence-corrected chi connectivity index (χ0v) is 12.7. The fourth-order valence-corrected chi connectivity index (χ4v) is 3.04. The van der Waals surface area contributed by atoms with Crippen LogP contribution in [0.5, 0.6) is 0 Å². The van der Waals surface area contributed by atoms with Gasteiger partial charge in [-0.1, -0.05) is 6.07 Å². The SMILES string of the molecule is O=C(CCc1nnc(-c2ccsc2)o1)NCc1cccs1. The Morgan fingerprint density at radius 3 is 3.00 bits per heavy atom. The Balaban J connectivity index is 1.47. The maximum absolute atomic E-state index is 11.8. The monoisotopic (exact) mass is 319 g/mol. The number of carbonyl (C=O) groups excluding carboxylic acids is 1. The average molecular weight is 319 g/mol. The summed E-state index contributed by atoms with van der Waals surface area (Å²) in [5.74, 6) is 0.978. The van der Waals surface area contributed by atoms with Crippen molar-refractivity contribution < 1.29 is 9.21 Å². The molecule has 0 atom stereocenters. The van der Waals surface area contributed by atoms with Crippen LogP contribution in [0.3, 0.4) is 0 Å². The number of hydrogen-bond donors (Lipinski definition) is 1. The summed E-state index contributed by atoms with van der Waals surface area (Å²) in [4.78, 5) is 12.9. The van der Waals surface area contributed by atoms with Gasteiger partial charge >= 0.3 is 0 Å². The number of hydrogen-bond acceptors (Lipinski definition) is 6. The molecule has 0 spiro atoms. The van der Waals surface area contributed by atoms with E-state index >= 15 is 0 Å². The largest absolute Gasteiger partial charge is 0.421 e. The lowest BCUT2D eigenvalue weighted by Crippen LogP contribution is -2.22. The molecule has 3 aromatic rings. The van der Waals surface area contributed by atoms with Gasteiger partial charge in [0.1, 0.15) is 0 Å². The molecule has 1 amide bonds. The quantitative estimate of drug-likeness (QED) is 0.758. The second-order valence-electron chi connectivity index (χ2n) is 4.37. The molecule has 0 saturated heterocycles. The Hall–Kier alpha value is -1.99. The first-order valence-electron chi connectivity index (χ1n) is 6.45. The number of nitrogens with one attached hydrogen (secondary N) is 1. The molecule has 0 saturated carbocycles. The Morgan fingerprint density at radius 1 is 1.29 bits per heavy atom. The summed E-state index contributed by atoms with van der Waals surface area (Å²) in [5, 5.41) is 16.7. The lowest BCUT2D eigenvalue weighted by atomic mass is 10.3. The van der Waals surface area contributed by atoms with Crippen molar-refractivity contribution in [2.75, 3.05) is 0 Å². The summed E-state index contributed by atoms with van der Waals surface area (Å²) in [6.07, 6.45) is 0.796. The molecule has 0 unspecified atom stereocenters. The molecule has 3 heterocycles. The van der Waals surface area contributed by atoms with Gasteiger partial charge in [-0.05, 0) is 22.9 Å². The van der Waals surface area contributed by atoms with E-state index in [1.165, 1.54) is 0 Å². The number of amides is 1. The lowest BCUT2D eigenvalue weighted by molar-refractivity contribution is -0.121. The van der Waals surface area contributed by atoms with E-state index in [1.807, 2.05) is 34.3 Å². The predicted octanol–water partition coefficient (Wildman–Crippen LogP) is 3.11. The van der Waals surface area contributed by atoms with Gasteiger partial charge in [0.05, 0.1) is 6.54 Å². The number of aryl methyl sites for hydroxylation is 1. The first-order chi connectivity index (χ1) is 10.3. The molecule has 0 aliphatic heterocycles. The summed E-state index contributed by atoms with van der Waals surface area (Å²) in [7, 11) is 0. The summed E-state index contributed by atoms with van der Waals surface area (Å²) in [5.41, 5.74) is 0.917. The highest BCUT2D eigenvalue weighted by Gasteiger charge is 2.10. The van der Waals surface area contributed by atoms with E-state index < -0.39 is 0 Å². The zero-order chi connectivity index (χ0) is 14.5. The third-order valence-electron chi connectivity index (χ3n) is 2.84. The molecule has 5 nitrogen and oxygen atoms in total. The predicted molar refractivity (Wildman–Crippen MR) is 82.1 cm³/mol. The first-order valence-corrected chi connectivity index (χ1v) is 8.27. The van der Waals surface area contributed by atoms with Gasteiger partial charge in [-0.15, -0.1) is 21.5 Å². The molecule has 108 valence electrons. The van der Waals surface area contributed by atoms with E-state index in [0.717, 1.165) is 10.4 Å². The number of carbonyl (C=O) groups is 1. The third kappa shape index (κ3) is 3.77. The molecule has 0 radical (unpaired) electrons. The van der Waals surface area contributed by atoms with Crippen LogP contribution >= 0.6 is 22.7 Å². The lowest BCUT2D eigenvalue weighted by Gasteiger charge is -2.01. The topological polar surface area (TPSA) is 68.0 Å². The molecule has 3 aromatic heterocycles. The van der Waals surface area contributed by atoms with E-state index in [1.54, 1.807) is 22.7 Å². The average Bonchev–Trinajstić information content (AvgIpc) is 3.24. The molecular formula is C14H13N3O2S2. The minimum Gasteiger partial charge on any atom is -0.421 e. The Labute approximate surface area is 129 Å². The van der Waals surface area contributed by atoms with Gasteiger partial charge in [0.15, 0.2) is 0 Å². The van der Waals surface area contributed by atoms with Crippen molar-refractivity contribution in [2.45, 2.75) is 19.4 Å². The van der Waals surface area contributed by atoms with Crippen LogP contribution in [-0.4, -0.2) is 16.1 Å². The molecule has 0 aliphatic carbocycles. The van der Waals surface area contributed by atoms with Gasteiger partial charge < -0.3 is 9.73 Å². The highest BCUT2D eigenvalue weighted by atomic mass is 32.1. The number of nitrogens with zero attached hydrogens (tertiary/aromatic N) is 2. The van der Waals surface area contributed by atoms with Crippen molar-refractivity contribution in [3.8, 4) is 11.5 Å². The van der Waals surface area contributed by atoms with Crippen LogP contribution in [0.1, 0.15) is 17.2 Å². The Morgan fingerprint density at radius 2 is 2.24 bits per heavy atom. The van der Waals surface area contributed by atoms with Crippen molar-refractivity contribution in [1.82, 2.24) is 15.5 Å². The third-order valence-corrected chi connectivity index (χ3v) is 4.40. The Kier molecular flexibility index (Phi) is 4.42. The summed E-state index contributed by atoms with van der Waals surface area (Å²) in [6, 6.07) is 5.89. The van der Waals surface area contributed by atoms with Crippen LogP contribution in [0.15, 0.2) is 38.8 Å². The van der Waals surface area contributed by atoms with E-state index in [2.05, 4.69) is 15.5 Å². The van der Waals surface area contributed by atoms with E-state index in [9.17, 15) is 4.79 Å². The number of aromatic nitrogens is 2. The highest BCUT2D eigenvalue weighted by Crippen LogP contribution is 2.20. The van der Waals surface area contributed by atoms with Crippen LogP contribution in [-0.2, 0) is 17.8 Å². The minimum absolute atomic E-state index is 0.0151. The summed E-state index contributed by atoms with van der Waals surface area (Å²) in [6.45, 7) is 0.570. The zero-order valence-electron chi connectivity index (χ0n) is 11.1. The van der Waals surface area contributed by atoms with Gasteiger partial charge in [0, 0.05) is 28.7 Å². The number of thiophene rings is 2. The standard InChI is InChI=1S/C14H13N3O2S2/c18-12(15-8-11-2-1-6-21-11)3-4-13-16-17-14(19-13)10-5-7-20-9-10/h1-2,5-7,9H,3-4,8H2,(H,15,18). The minimum atomic E-state index is -0.0151. The fourth-order valence-electron chi connectivity index (χ4n) is 1.77. The van der Waals surface area contributed by atoms with E-state index in [0.29, 0.717) is 31.2 Å². The number of rotatable bonds is 6. The first kappa shape index (κ1) is 14.0. The van der Waals surface area contributed by atoms with Crippen molar-refractivity contribution >= 4 is 28.6 Å². The van der Waals surface area contributed by atoms with Crippen LogP contribution < -0.4 is 5.32 Å². The second kappa shape index (κ2) is 6.64. The van der Waals surface area contributed by atoms with Crippen molar-refractivity contribution in [1.29, 1.82) is 0 Å². The molecule has 3 rings (SSSR count). The molecule has 7 heteroatoms. The van der Waals surface area contributed by atoms with Crippen LogP contribution in [0, 0.1) is 0 Å². The smallest absolute Gasteiger partial charge is 0.248 e. The molecule has 0 bridgehead atoms. The highest BCUT2D eigenvalue weighted by molar-refractivity contribution is 7.09. The van der Waals surface area contributed by atoms with Gasteiger partial charge in [0.25, 0.3) is 0 Å². The van der Waals surface area contributed by atoms with Crippen molar-refractivity contribution in [3.05, 3.63) is 45.1 Å². The van der Waals surface area contributed by atoms with Gasteiger partial charge in [-0.25, -0.2) is 0 Å². The molecule has 0 fully saturated rings. The fraction of sp³-hybridized carbons (Fsp3) is 0.214. The van der Waals surface area contributed by atoms with Crippen molar-refractivity contribution in [3.63, 3.8) is 0 Å². The van der Waals surface area contributed by atoms with Gasteiger partial charge in [0.2, 0.25) is 17.7 Å². The Bertz CT molecular complexity index is 690. The van der Waals surface area contributed by atoms with E-state index in [-0.39, 0.29) is 5.91 Å². The van der Waals surface area contributed by atoms with E-state index in [4.69, 9.17) is 4.42 Å². The maximum atomic E-state index is 11.8. The van der Waals surface area contributed by atoms with Gasteiger partial charge in [-0.3, -0.25) is 4.79 Å². The second-order valence-corrected chi connectivity index (χ2v) is 6.18. The molecular weight excluding hydrogens is 306 g/mol. The van der Waals surface area contributed by atoms with Crippen LogP contribution in [0.2, 0.25) is 0 Å². The van der Waals surface area contributed by atoms with Crippen LogP contribution in [0.25, 0.3) is 11.5 Å². The summed E-state index contributed by atoms with van der Waals surface area (Å²) >= 11 is 3.20. The van der Waals surface area contributed by atoms with Gasteiger partial charge in [-0.2, -0.15) is 11.3 Å². The molecule has 21 heavy (non-hydrogen) atoms. The normalized spacial score (nSPS) is 10.7. The molecule has 1 N–H and O–H groups in total. The molecule has 0 aliphatic rings. The van der Waals surface area contributed by atoms with Crippen LogP contribution in [0.4, 0.5) is 0 Å². The maximum Gasteiger partial charge on any atom is 0.248 e. The van der Waals surface area contributed by atoms with Crippen molar-refractivity contribution in [2.24, 2.45) is 0 Å².